The van der Waals surface area contributed by atoms with E-state index < -0.39 is 21.9 Å². The zero-order valence-corrected chi connectivity index (χ0v) is 16.2. The summed E-state index contributed by atoms with van der Waals surface area (Å²) in [5.74, 6) is -1.85. The number of carbonyl (C=O) groups is 2. The quantitative estimate of drug-likeness (QED) is 0.649. The Morgan fingerprint density at radius 3 is 2.21 bits per heavy atom. The van der Waals surface area contributed by atoms with Gasteiger partial charge in [-0.15, -0.1) is 0 Å². The van der Waals surface area contributed by atoms with Crippen molar-refractivity contribution < 1.29 is 23.1 Å². The average Bonchev–Trinajstić information content (AvgIpc) is 2.70. The van der Waals surface area contributed by atoms with Crippen LogP contribution in [0.1, 0.15) is 26.3 Å². The van der Waals surface area contributed by atoms with E-state index in [4.69, 9.17) is 0 Å². The van der Waals surface area contributed by atoms with E-state index in [-0.39, 0.29) is 16.0 Å². The molecule has 0 atom stereocenters. The molecule has 2 N–H and O–H groups in total. The zero-order chi connectivity index (χ0) is 21.0. The fourth-order valence-electron chi connectivity index (χ4n) is 2.59. The molecular weight excluding hydrogens is 392 g/mol. The van der Waals surface area contributed by atoms with Crippen LogP contribution in [-0.2, 0) is 10.0 Å². The maximum absolute atomic E-state index is 12.7. The fourth-order valence-corrected chi connectivity index (χ4v) is 3.76. The summed E-state index contributed by atoms with van der Waals surface area (Å²) < 4.78 is 27.9. The van der Waals surface area contributed by atoms with E-state index >= 15 is 0 Å². The fraction of sp³-hybridized carbons (Fsp3) is 0.0476. The summed E-state index contributed by atoms with van der Waals surface area (Å²) in [6.45, 7) is 1.79. The van der Waals surface area contributed by atoms with Crippen LogP contribution in [0.25, 0.3) is 0 Å². The van der Waals surface area contributed by atoms with Gasteiger partial charge >= 0.3 is 0 Å². The summed E-state index contributed by atoms with van der Waals surface area (Å²) >= 11 is 0. The third-order valence-electron chi connectivity index (χ3n) is 4.17. The molecule has 0 saturated heterocycles. The van der Waals surface area contributed by atoms with E-state index in [1.54, 1.807) is 31.2 Å². The number of amides is 1. The minimum Gasteiger partial charge on any atom is -0.545 e. The molecule has 0 aliphatic rings. The molecule has 0 fully saturated rings. The van der Waals surface area contributed by atoms with Gasteiger partial charge in [0, 0.05) is 11.3 Å². The van der Waals surface area contributed by atoms with Crippen LogP contribution in [0.5, 0.6) is 0 Å². The van der Waals surface area contributed by atoms with Crippen molar-refractivity contribution in [2.45, 2.75) is 11.8 Å². The van der Waals surface area contributed by atoms with Crippen molar-refractivity contribution in [3.63, 3.8) is 0 Å². The highest BCUT2D eigenvalue weighted by Gasteiger charge is 2.17. The van der Waals surface area contributed by atoms with E-state index in [0.717, 1.165) is 5.56 Å². The number of aromatic carboxylic acids is 1. The molecule has 1 amide bonds. The molecule has 8 heteroatoms. The number of para-hydroxylation sites is 1. The summed E-state index contributed by atoms with van der Waals surface area (Å²) in [6, 6.07) is 18.0. The van der Waals surface area contributed by atoms with Crippen molar-refractivity contribution in [1.29, 1.82) is 0 Å². The topological polar surface area (TPSA) is 115 Å². The Bertz CT molecular complexity index is 1170. The highest BCUT2D eigenvalue weighted by atomic mass is 32.2. The van der Waals surface area contributed by atoms with E-state index in [1.165, 1.54) is 48.5 Å². The van der Waals surface area contributed by atoms with Gasteiger partial charge in [0.2, 0.25) is 0 Å². The van der Waals surface area contributed by atoms with Crippen molar-refractivity contribution in [2.24, 2.45) is 0 Å². The number of carbonyl (C=O) groups excluding carboxylic acids is 2. The second-order valence-corrected chi connectivity index (χ2v) is 7.95. The monoisotopic (exact) mass is 409 g/mol. The third-order valence-corrected chi connectivity index (χ3v) is 5.54. The number of nitrogens with one attached hydrogen (secondary N) is 2. The Morgan fingerprint density at radius 1 is 0.862 bits per heavy atom. The SMILES string of the molecule is Cc1ccccc1NS(=O)(=O)c1cccc(C(=O)Nc2ccc(C(=O)[O-])cc2)c1. The maximum atomic E-state index is 12.7. The van der Waals surface area contributed by atoms with Crippen LogP contribution in [-0.4, -0.2) is 20.3 Å². The summed E-state index contributed by atoms with van der Waals surface area (Å²) in [6.07, 6.45) is 0. The molecule has 3 rings (SSSR count). The Kier molecular flexibility index (Phi) is 5.65. The number of carboxylic acid groups (broad SMARTS) is 1. The van der Waals surface area contributed by atoms with Crippen molar-refractivity contribution in [3.8, 4) is 0 Å². The smallest absolute Gasteiger partial charge is 0.261 e. The first-order valence-electron chi connectivity index (χ1n) is 8.57. The van der Waals surface area contributed by atoms with Crippen LogP contribution in [0.3, 0.4) is 0 Å². The highest BCUT2D eigenvalue weighted by molar-refractivity contribution is 7.92. The van der Waals surface area contributed by atoms with Gasteiger partial charge < -0.3 is 15.2 Å². The molecule has 0 radical (unpaired) electrons. The van der Waals surface area contributed by atoms with Crippen molar-refractivity contribution in [2.75, 3.05) is 10.0 Å². The van der Waals surface area contributed by atoms with Gasteiger partial charge in [-0.1, -0.05) is 36.4 Å². The Hall–Kier alpha value is -3.65. The number of rotatable bonds is 6. The standard InChI is InChI=1S/C21H18N2O5S/c1-14-5-2-3-8-19(14)23-29(27,28)18-7-4-6-16(13-18)20(24)22-17-11-9-15(10-12-17)21(25)26/h2-13,23H,1H3,(H,22,24)(H,25,26)/p-1. The first-order chi connectivity index (χ1) is 13.8. The summed E-state index contributed by atoms with van der Waals surface area (Å²) in [5, 5.41) is 13.4. The van der Waals surface area contributed by atoms with Gasteiger partial charge in [-0.3, -0.25) is 9.52 Å². The number of benzene rings is 3. The van der Waals surface area contributed by atoms with Crippen LogP contribution in [0.2, 0.25) is 0 Å². The molecule has 7 nitrogen and oxygen atoms in total. The van der Waals surface area contributed by atoms with Gasteiger partial charge in [0.05, 0.1) is 16.6 Å². The molecule has 0 aliphatic heterocycles. The maximum Gasteiger partial charge on any atom is 0.261 e. The molecule has 3 aromatic rings. The Morgan fingerprint density at radius 2 is 1.55 bits per heavy atom. The lowest BCUT2D eigenvalue weighted by molar-refractivity contribution is -0.255. The molecule has 0 saturated carbocycles. The van der Waals surface area contributed by atoms with Crippen LogP contribution < -0.4 is 15.1 Å². The molecular formula is C21H17N2O5S-. The summed E-state index contributed by atoms with van der Waals surface area (Å²) in [7, 11) is -3.88. The van der Waals surface area contributed by atoms with Gasteiger partial charge in [-0.25, -0.2) is 8.42 Å². The minimum absolute atomic E-state index is 0.0154. The molecule has 0 unspecified atom stereocenters. The van der Waals surface area contributed by atoms with E-state index in [0.29, 0.717) is 11.4 Å². The number of hydrogen-bond donors (Lipinski definition) is 2. The van der Waals surface area contributed by atoms with Crippen molar-refractivity contribution >= 4 is 33.3 Å². The van der Waals surface area contributed by atoms with Crippen molar-refractivity contribution in [3.05, 3.63) is 89.5 Å². The first-order valence-corrected chi connectivity index (χ1v) is 10.1. The van der Waals surface area contributed by atoms with Crippen molar-refractivity contribution in [1.82, 2.24) is 0 Å². The molecule has 0 aromatic heterocycles. The van der Waals surface area contributed by atoms with Crippen LogP contribution in [0.4, 0.5) is 11.4 Å². The van der Waals surface area contributed by atoms with Crippen LogP contribution >= 0.6 is 0 Å². The molecule has 0 aliphatic carbocycles. The summed E-state index contributed by atoms with van der Waals surface area (Å²) in [5.41, 5.74) is 1.71. The Balaban J connectivity index is 1.80. The average molecular weight is 409 g/mol. The molecule has 148 valence electrons. The highest BCUT2D eigenvalue weighted by Crippen LogP contribution is 2.20. The number of carboxylic acids is 1. The molecule has 29 heavy (non-hydrogen) atoms. The first kappa shape index (κ1) is 20.1. The lowest BCUT2D eigenvalue weighted by Crippen LogP contribution is -2.22. The van der Waals surface area contributed by atoms with Gasteiger partial charge in [-0.2, -0.15) is 0 Å². The van der Waals surface area contributed by atoms with E-state index in [1.807, 2.05) is 0 Å². The minimum atomic E-state index is -3.88. The lowest BCUT2D eigenvalue weighted by Gasteiger charge is -2.12. The van der Waals surface area contributed by atoms with E-state index in [2.05, 4.69) is 10.0 Å². The molecule has 3 aromatic carbocycles. The number of anilines is 2. The van der Waals surface area contributed by atoms with Gasteiger partial charge in [0.15, 0.2) is 0 Å². The molecule has 0 heterocycles. The van der Waals surface area contributed by atoms with Gasteiger partial charge in [0.1, 0.15) is 0 Å². The normalized spacial score (nSPS) is 10.9. The predicted molar refractivity (Wildman–Crippen MR) is 107 cm³/mol. The summed E-state index contributed by atoms with van der Waals surface area (Å²) in [4.78, 5) is 23.2. The number of aryl methyl sites for hydroxylation is 1. The molecule has 0 bridgehead atoms. The number of sulfonamides is 1. The van der Waals surface area contributed by atoms with Gasteiger partial charge in [-0.05, 0) is 54.4 Å². The van der Waals surface area contributed by atoms with Crippen LogP contribution in [0, 0.1) is 6.92 Å². The second-order valence-electron chi connectivity index (χ2n) is 6.27. The third kappa shape index (κ3) is 4.80. The van der Waals surface area contributed by atoms with Gasteiger partial charge in [0.25, 0.3) is 15.9 Å². The predicted octanol–water partition coefficient (Wildman–Crippen LogP) is 2.41. The zero-order valence-electron chi connectivity index (χ0n) is 15.4. The molecule has 0 spiro atoms. The van der Waals surface area contributed by atoms with E-state index in [9.17, 15) is 23.1 Å². The van der Waals surface area contributed by atoms with Crippen LogP contribution in [0.15, 0.2) is 77.7 Å². The second kappa shape index (κ2) is 8.15. The number of hydrogen-bond acceptors (Lipinski definition) is 5. The largest absolute Gasteiger partial charge is 0.545 e. The lowest BCUT2D eigenvalue weighted by atomic mass is 10.2. The Labute approximate surface area is 168 Å².